The number of carbonyl (C=O) groups is 1. The molecule has 0 aliphatic carbocycles. The van der Waals surface area contributed by atoms with Gasteiger partial charge in [-0.05, 0) is 31.9 Å². The number of aromatic nitrogens is 3. The van der Waals surface area contributed by atoms with Crippen LogP contribution in [0.25, 0.3) is 11.0 Å². The average molecular weight is 324 g/mol. The molecule has 0 bridgehead atoms. The lowest BCUT2D eigenvalue weighted by Crippen LogP contribution is -2.35. The lowest BCUT2D eigenvalue weighted by atomic mass is 10.1. The number of amides is 1. The number of hydrogen-bond donors (Lipinski definition) is 1. The zero-order valence-electron chi connectivity index (χ0n) is 13.2. The maximum Gasteiger partial charge on any atom is 0.349 e. The first kappa shape index (κ1) is 14.6. The standard InChI is InChI=1S/C17H16N4O3/c1-10-18-15-13(6-4-8-21(15)20-10)19-16(22)12-9-11-5-2-3-7-14(11)24-17(12)23/h2-3,5,7,9,13H,4,6,8H2,1H3,(H,19,22)/t13-/m1/s1. The van der Waals surface area contributed by atoms with Gasteiger partial charge in [-0.2, -0.15) is 5.10 Å². The Morgan fingerprint density at radius 2 is 2.21 bits per heavy atom. The molecule has 7 nitrogen and oxygen atoms in total. The van der Waals surface area contributed by atoms with Crippen molar-refractivity contribution in [1.29, 1.82) is 0 Å². The summed E-state index contributed by atoms with van der Waals surface area (Å²) in [7, 11) is 0. The van der Waals surface area contributed by atoms with Gasteiger partial charge in [0, 0.05) is 11.9 Å². The number of nitrogens with zero attached hydrogens (tertiary/aromatic N) is 3. The first-order chi connectivity index (χ1) is 11.6. The SMILES string of the molecule is Cc1nc2n(n1)CCC[C@H]2NC(=O)c1cc2ccccc2oc1=O. The van der Waals surface area contributed by atoms with E-state index < -0.39 is 11.5 Å². The third-order valence-corrected chi connectivity index (χ3v) is 4.17. The molecule has 0 fully saturated rings. The van der Waals surface area contributed by atoms with Crippen LogP contribution >= 0.6 is 0 Å². The highest BCUT2D eigenvalue weighted by Crippen LogP contribution is 2.23. The van der Waals surface area contributed by atoms with Crippen LogP contribution in [0.2, 0.25) is 0 Å². The number of para-hydroxylation sites is 1. The Morgan fingerprint density at radius 3 is 3.08 bits per heavy atom. The molecule has 1 aromatic carbocycles. The predicted molar refractivity (Wildman–Crippen MR) is 86.7 cm³/mol. The second kappa shape index (κ2) is 5.59. The molecule has 2 aromatic heterocycles. The maximum atomic E-state index is 12.6. The van der Waals surface area contributed by atoms with Crippen LogP contribution in [-0.4, -0.2) is 20.7 Å². The van der Waals surface area contributed by atoms with Crippen LogP contribution < -0.4 is 10.9 Å². The van der Waals surface area contributed by atoms with E-state index in [-0.39, 0.29) is 11.6 Å². The second-order valence-corrected chi connectivity index (χ2v) is 5.89. The summed E-state index contributed by atoms with van der Waals surface area (Å²) in [5.41, 5.74) is -0.172. The third kappa shape index (κ3) is 2.47. The molecule has 24 heavy (non-hydrogen) atoms. The monoisotopic (exact) mass is 324 g/mol. The summed E-state index contributed by atoms with van der Waals surface area (Å²) in [5, 5.41) is 7.91. The minimum atomic E-state index is -0.639. The lowest BCUT2D eigenvalue weighted by molar-refractivity contribution is 0.0923. The van der Waals surface area contributed by atoms with Gasteiger partial charge < -0.3 is 9.73 Å². The van der Waals surface area contributed by atoms with Crippen molar-refractivity contribution in [3.8, 4) is 0 Å². The molecule has 1 atom stereocenters. The molecule has 0 saturated carbocycles. The summed E-state index contributed by atoms with van der Waals surface area (Å²) >= 11 is 0. The molecule has 0 unspecified atom stereocenters. The summed E-state index contributed by atoms with van der Waals surface area (Å²) in [4.78, 5) is 29.1. The van der Waals surface area contributed by atoms with Crippen molar-refractivity contribution in [2.75, 3.05) is 0 Å². The highest BCUT2D eigenvalue weighted by Gasteiger charge is 2.26. The number of nitrogens with one attached hydrogen (secondary N) is 1. The van der Waals surface area contributed by atoms with Gasteiger partial charge in [0.2, 0.25) is 0 Å². The molecule has 4 rings (SSSR count). The van der Waals surface area contributed by atoms with Crippen LogP contribution in [0, 0.1) is 6.92 Å². The highest BCUT2D eigenvalue weighted by molar-refractivity contribution is 5.96. The number of hydrogen-bond acceptors (Lipinski definition) is 5. The fourth-order valence-corrected chi connectivity index (χ4v) is 3.06. The van der Waals surface area contributed by atoms with Crippen LogP contribution in [0.3, 0.4) is 0 Å². The Hall–Kier alpha value is -2.96. The van der Waals surface area contributed by atoms with E-state index in [0.717, 1.165) is 25.2 Å². The van der Waals surface area contributed by atoms with Crippen molar-refractivity contribution in [3.63, 3.8) is 0 Å². The molecule has 1 aliphatic heterocycles. The van der Waals surface area contributed by atoms with Crippen molar-refractivity contribution >= 4 is 16.9 Å². The van der Waals surface area contributed by atoms with Gasteiger partial charge in [0.05, 0.1) is 6.04 Å². The Kier molecular flexibility index (Phi) is 3.41. The Morgan fingerprint density at radius 1 is 1.38 bits per heavy atom. The molecule has 3 aromatic rings. The molecular formula is C17H16N4O3. The Balaban J connectivity index is 1.66. The van der Waals surface area contributed by atoms with Gasteiger partial charge >= 0.3 is 5.63 Å². The van der Waals surface area contributed by atoms with Crippen molar-refractivity contribution in [3.05, 3.63) is 58.0 Å². The van der Waals surface area contributed by atoms with Crippen LogP contribution in [-0.2, 0) is 6.54 Å². The van der Waals surface area contributed by atoms with Crippen LogP contribution in [0.15, 0.2) is 39.5 Å². The maximum absolute atomic E-state index is 12.6. The molecule has 7 heteroatoms. The van der Waals surface area contributed by atoms with Gasteiger partial charge in [-0.1, -0.05) is 18.2 Å². The van der Waals surface area contributed by atoms with E-state index >= 15 is 0 Å². The Bertz CT molecular complexity index is 989. The Labute approximate surface area is 137 Å². The summed E-state index contributed by atoms with van der Waals surface area (Å²) in [6.45, 7) is 2.61. The largest absolute Gasteiger partial charge is 0.422 e. The molecule has 1 N–H and O–H groups in total. The van der Waals surface area contributed by atoms with E-state index in [1.807, 2.05) is 17.7 Å². The van der Waals surface area contributed by atoms with Gasteiger partial charge in [0.1, 0.15) is 22.8 Å². The van der Waals surface area contributed by atoms with E-state index in [0.29, 0.717) is 16.8 Å². The van der Waals surface area contributed by atoms with E-state index in [9.17, 15) is 9.59 Å². The molecule has 122 valence electrons. The van der Waals surface area contributed by atoms with Crippen LogP contribution in [0.5, 0.6) is 0 Å². The van der Waals surface area contributed by atoms with E-state index in [1.165, 1.54) is 0 Å². The van der Waals surface area contributed by atoms with Crippen molar-refractivity contribution in [2.24, 2.45) is 0 Å². The molecule has 0 spiro atoms. The first-order valence-corrected chi connectivity index (χ1v) is 7.87. The third-order valence-electron chi connectivity index (χ3n) is 4.17. The number of rotatable bonds is 2. The zero-order valence-corrected chi connectivity index (χ0v) is 13.2. The minimum absolute atomic E-state index is 0.00191. The zero-order chi connectivity index (χ0) is 16.7. The number of carbonyl (C=O) groups excluding carboxylic acids is 1. The van der Waals surface area contributed by atoms with E-state index in [4.69, 9.17) is 4.42 Å². The van der Waals surface area contributed by atoms with Crippen molar-refractivity contribution in [2.45, 2.75) is 32.4 Å². The molecule has 1 amide bonds. The van der Waals surface area contributed by atoms with E-state index in [2.05, 4.69) is 15.4 Å². The normalized spacial score (nSPS) is 16.8. The summed E-state index contributed by atoms with van der Waals surface area (Å²) in [5.74, 6) is 0.960. The summed E-state index contributed by atoms with van der Waals surface area (Å²) in [6, 6.07) is 8.42. The van der Waals surface area contributed by atoms with E-state index in [1.54, 1.807) is 24.3 Å². The smallest absolute Gasteiger partial charge is 0.349 e. The fraction of sp³-hybridized carbons (Fsp3) is 0.294. The summed E-state index contributed by atoms with van der Waals surface area (Å²) in [6.07, 6.45) is 1.66. The topological polar surface area (TPSA) is 90.0 Å². The second-order valence-electron chi connectivity index (χ2n) is 5.89. The van der Waals surface area contributed by atoms with Gasteiger partial charge in [-0.15, -0.1) is 0 Å². The predicted octanol–water partition coefficient (Wildman–Crippen LogP) is 1.96. The molecule has 3 heterocycles. The number of aryl methyl sites for hydroxylation is 2. The first-order valence-electron chi connectivity index (χ1n) is 7.87. The molecular weight excluding hydrogens is 308 g/mol. The van der Waals surface area contributed by atoms with Gasteiger partial charge in [0.25, 0.3) is 5.91 Å². The number of benzene rings is 1. The van der Waals surface area contributed by atoms with Gasteiger partial charge in [-0.25, -0.2) is 14.5 Å². The molecule has 1 aliphatic rings. The van der Waals surface area contributed by atoms with Gasteiger partial charge in [0.15, 0.2) is 0 Å². The summed E-state index contributed by atoms with van der Waals surface area (Å²) < 4.78 is 7.04. The lowest BCUT2D eigenvalue weighted by Gasteiger charge is -2.22. The highest BCUT2D eigenvalue weighted by atomic mass is 16.4. The average Bonchev–Trinajstić information content (AvgIpc) is 2.95. The molecule has 0 saturated heterocycles. The minimum Gasteiger partial charge on any atom is -0.422 e. The van der Waals surface area contributed by atoms with Crippen LogP contribution in [0.1, 0.15) is 40.9 Å². The fourth-order valence-electron chi connectivity index (χ4n) is 3.06. The number of fused-ring (bicyclic) bond motifs is 2. The molecule has 0 radical (unpaired) electrons. The van der Waals surface area contributed by atoms with Crippen LogP contribution in [0.4, 0.5) is 0 Å². The van der Waals surface area contributed by atoms with Crippen molar-refractivity contribution < 1.29 is 9.21 Å². The van der Waals surface area contributed by atoms with Crippen molar-refractivity contribution in [1.82, 2.24) is 20.1 Å². The van der Waals surface area contributed by atoms with Gasteiger partial charge in [-0.3, -0.25) is 4.79 Å². The quantitative estimate of drug-likeness (QED) is 0.728.